The number of aryl methyl sites for hydroxylation is 1. The zero-order chi connectivity index (χ0) is 20.2. The van der Waals surface area contributed by atoms with Gasteiger partial charge in [0.05, 0.1) is 29.7 Å². The van der Waals surface area contributed by atoms with Crippen LogP contribution in [0.1, 0.15) is 5.56 Å². The summed E-state index contributed by atoms with van der Waals surface area (Å²) in [6.45, 7) is 1.13. The number of anilines is 1. The van der Waals surface area contributed by atoms with Crippen molar-refractivity contribution >= 4 is 27.4 Å². The lowest BCUT2D eigenvalue weighted by Gasteiger charge is -2.25. The van der Waals surface area contributed by atoms with Gasteiger partial charge in [0.25, 0.3) is 15.7 Å². The van der Waals surface area contributed by atoms with Gasteiger partial charge in [-0.3, -0.25) is 19.2 Å². The average Bonchev–Trinajstić information content (AvgIpc) is 2.65. The minimum absolute atomic E-state index is 0.120. The maximum absolute atomic E-state index is 13.2. The Morgan fingerprint density at radius 1 is 1.19 bits per heavy atom. The predicted octanol–water partition coefficient (Wildman–Crippen LogP) is 2.28. The molecular formula is C17H18N2O7S. The molecule has 0 radical (unpaired) electrons. The third-order valence-corrected chi connectivity index (χ3v) is 5.48. The first-order valence-corrected chi connectivity index (χ1v) is 9.13. The van der Waals surface area contributed by atoms with E-state index < -0.39 is 27.5 Å². The van der Waals surface area contributed by atoms with E-state index in [0.29, 0.717) is 0 Å². The van der Waals surface area contributed by atoms with E-state index in [4.69, 9.17) is 4.74 Å². The first-order valence-electron chi connectivity index (χ1n) is 7.69. The number of carbonyl (C=O) groups is 1. The minimum atomic E-state index is -4.32. The largest absolute Gasteiger partial charge is 0.495 e. The molecule has 0 aliphatic heterocycles. The highest BCUT2D eigenvalue weighted by Crippen LogP contribution is 2.34. The van der Waals surface area contributed by atoms with Gasteiger partial charge in [0.15, 0.2) is 0 Å². The molecule has 0 fully saturated rings. The first kappa shape index (κ1) is 20.2. The van der Waals surface area contributed by atoms with Crippen molar-refractivity contribution in [3.63, 3.8) is 0 Å². The Hall–Kier alpha value is -3.14. The lowest BCUT2D eigenvalue weighted by molar-refractivity contribution is -0.385. The molecular weight excluding hydrogens is 376 g/mol. The Kier molecular flexibility index (Phi) is 6.01. The number of hydrogen-bond acceptors (Lipinski definition) is 7. The summed E-state index contributed by atoms with van der Waals surface area (Å²) in [6, 6.07) is 9.41. The van der Waals surface area contributed by atoms with Gasteiger partial charge in [-0.15, -0.1) is 0 Å². The molecule has 2 aromatic rings. The highest BCUT2D eigenvalue weighted by molar-refractivity contribution is 7.92. The van der Waals surface area contributed by atoms with Crippen LogP contribution in [0, 0.1) is 17.0 Å². The Labute approximate surface area is 156 Å². The quantitative estimate of drug-likeness (QED) is 0.402. The Morgan fingerprint density at radius 3 is 2.48 bits per heavy atom. The lowest BCUT2D eigenvalue weighted by Crippen LogP contribution is -2.36. The molecule has 27 heavy (non-hydrogen) atoms. The summed E-state index contributed by atoms with van der Waals surface area (Å²) in [5.41, 5.74) is 0.467. The zero-order valence-electron chi connectivity index (χ0n) is 14.9. The number of sulfonamides is 1. The fourth-order valence-corrected chi connectivity index (χ4v) is 3.81. The highest BCUT2D eigenvalue weighted by atomic mass is 32.2. The molecule has 0 saturated carbocycles. The molecule has 10 heteroatoms. The van der Waals surface area contributed by atoms with E-state index in [9.17, 15) is 23.3 Å². The fraction of sp³-hybridized carbons (Fsp3) is 0.235. The van der Waals surface area contributed by atoms with Crippen molar-refractivity contribution in [3.05, 3.63) is 58.1 Å². The van der Waals surface area contributed by atoms with E-state index in [0.717, 1.165) is 23.0 Å². The third kappa shape index (κ3) is 4.34. The van der Waals surface area contributed by atoms with Crippen LogP contribution >= 0.6 is 0 Å². The Bertz CT molecular complexity index is 973. The van der Waals surface area contributed by atoms with Crippen LogP contribution in [0.5, 0.6) is 5.75 Å². The van der Waals surface area contributed by atoms with Crippen LogP contribution in [-0.2, 0) is 19.6 Å². The van der Waals surface area contributed by atoms with Gasteiger partial charge in [0.2, 0.25) is 0 Å². The fourth-order valence-electron chi connectivity index (χ4n) is 2.36. The van der Waals surface area contributed by atoms with E-state index in [1.807, 2.05) is 0 Å². The third-order valence-electron chi connectivity index (χ3n) is 3.72. The number of esters is 1. The normalized spacial score (nSPS) is 10.9. The monoisotopic (exact) mass is 394 g/mol. The second-order valence-electron chi connectivity index (χ2n) is 5.52. The molecule has 9 nitrogen and oxygen atoms in total. The number of carbonyl (C=O) groups excluding carboxylic acids is 1. The van der Waals surface area contributed by atoms with Crippen molar-refractivity contribution in [2.24, 2.45) is 0 Å². The van der Waals surface area contributed by atoms with Crippen molar-refractivity contribution in [2.45, 2.75) is 11.8 Å². The molecule has 0 saturated heterocycles. The summed E-state index contributed by atoms with van der Waals surface area (Å²) < 4.78 is 37.0. The van der Waals surface area contributed by atoms with E-state index in [1.54, 1.807) is 19.1 Å². The number of non-ortho nitro benzene ring substituents is 1. The molecule has 0 bridgehead atoms. The number of ether oxygens (including phenoxy) is 2. The lowest BCUT2D eigenvalue weighted by atomic mass is 10.2. The number of nitro groups is 1. The van der Waals surface area contributed by atoms with Gasteiger partial charge in [-0.25, -0.2) is 8.42 Å². The van der Waals surface area contributed by atoms with Gasteiger partial charge in [-0.1, -0.05) is 12.1 Å². The molecule has 0 unspecified atom stereocenters. The van der Waals surface area contributed by atoms with E-state index in [2.05, 4.69) is 4.74 Å². The average molecular weight is 394 g/mol. The first-order chi connectivity index (χ1) is 12.7. The van der Waals surface area contributed by atoms with Crippen LogP contribution in [0.4, 0.5) is 11.4 Å². The molecule has 144 valence electrons. The molecule has 0 N–H and O–H groups in total. The molecule has 0 amide bonds. The molecule has 2 aromatic carbocycles. The molecule has 0 spiro atoms. The van der Waals surface area contributed by atoms with Gasteiger partial charge in [-0.05, 0) is 30.7 Å². The van der Waals surface area contributed by atoms with Crippen LogP contribution in [0.15, 0.2) is 47.4 Å². The number of hydrogen-bond donors (Lipinski definition) is 0. The van der Waals surface area contributed by atoms with Crippen LogP contribution in [-0.4, -0.2) is 40.1 Å². The van der Waals surface area contributed by atoms with Crippen LogP contribution in [0.3, 0.4) is 0 Å². The Balaban J connectivity index is 2.67. The van der Waals surface area contributed by atoms with Crippen LogP contribution in [0.2, 0.25) is 0 Å². The van der Waals surface area contributed by atoms with Crippen molar-refractivity contribution in [3.8, 4) is 5.75 Å². The maximum atomic E-state index is 13.2. The molecule has 2 rings (SSSR count). The molecule has 0 atom stereocenters. The van der Waals surface area contributed by atoms with Gasteiger partial charge >= 0.3 is 5.97 Å². The van der Waals surface area contributed by atoms with Crippen LogP contribution < -0.4 is 9.04 Å². The summed E-state index contributed by atoms with van der Waals surface area (Å²) >= 11 is 0. The molecule has 0 aliphatic carbocycles. The molecule has 0 aromatic heterocycles. The van der Waals surface area contributed by atoms with Crippen molar-refractivity contribution in [1.29, 1.82) is 0 Å². The Morgan fingerprint density at radius 2 is 1.89 bits per heavy atom. The number of benzene rings is 2. The summed E-state index contributed by atoms with van der Waals surface area (Å²) in [6.07, 6.45) is 0. The molecule has 0 aliphatic rings. The van der Waals surface area contributed by atoms with E-state index in [1.165, 1.54) is 31.4 Å². The van der Waals surface area contributed by atoms with Crippen molar-refractivity contribution < 1.29 is 27.6 Å². The second kappa shape index (κ2) is 8.04. The number of nitro benzene ring substituents is 1. The summed E-state index contributed by atoms with van der Waals surface area (Å²) in [7, 11) is -1.82. The zero-order valence-corrected chi connectivity index (χ0v) is 15.7. The summed E-state index contributed by atoms with van der Waals surface area (Å²) in [4.78, 5) is 21.8. The standard InChI is InChI=1S/C17H18N2O7S/c1-12-7-8-16(25-2)15(9-12)18(11-17(20)26-3)27(23,24)14-6-4-5-13(10-14)19(21)22/h4-10H,11H2,1-3H3. The number of rotatable bonds is 7. The number of methoxy groups -OCH3 is 2. The van der Waals surface area contributed by atoms with Crippen molar-refractivity contribution in [2.75, 3.05) is 25.1 Å². The topological polar surface area (TPSA) is 116 Å². The van der Waals surface area contributed by atoms with Gasteiger partial charge in [0, 0.05) is 12.1 Å². The van der Waals surface area contributed by atoms with Gasteiger partial charge in [0.1, 0.15) is 12.3 Å². The van der Waals surface area contributed by atoms with Gasteiger partial charge < -0.3 is 9.47 Å². The summed E-state index contributed by atoms with van der Waals surface area (Å²) in [5, 5.41) is 11.0. The second-order valence-corrected chi connectivity index (χ2v) is 7.38. The van der Waals surface area contributed by atoms with E-state index >= 15 is 0 Å². The maximum Gasteiger partial charge on any atom is 0.326 e. The van der Waals surface area contributed by atoms with Crippen LogP contribution in [0.25, 0.3) is 0 Å². The molecule has 0 heterocycles. The minimum Gasteiger partial charge on any atom is -0.495 e. The van der Waals surface area contributed by atoms with Gasteiger partial charge in [-0.2, -0.15) is 0 Å². The smallest absolute Gasteiger partial charge is 0.326 e. The SMILES string of the molecule is COC(=O)CN(c1cc(C)ccc1OC)S(=O)(=O)c1cccc([N+](=O)[O-])c1. The van der Waals surface area contributed by atoms with Crippen molar-refractivity contribution in [1.82, 2.24) is 0 Å². The number of nitrogens with zero attached hydrogens (tertiary/aromatic N) is 2. The highest BCUT2D eigenvalue weighted by Gasteiger charge is 2.31. The predicted molar refractivity (Wildman–Crippen MR) is 97.4 cm³/mol. The van der Waals surface area contributed by atoms with E-state index in [-0.39, 0.29) is 22.0 Å². The summed E-state index contributed by atoms with van der Waals surface area (Å²) in [5.74, 6) is -0.578.